The molecule has 0 aliphatic carbocycles. The molecule has 0 saturated heterocycles. The first-order valence-corrected chi connectivity index (χ1v) is 9.82. The highest BCUT2D eigenvalue weighted by Crippen LogP contribution is 2.36. The second-order valence-electron chi connectivity index (χ2n) is 5.98. The minimum absolute atomic E-state index is 0.306. The van der Waals surface area contributed by atoms with Crippen LogP contribution in [0.4, 0.5) is 0 Å². The molecule has 0 N–H and O–H groups in total. The fourth-order valence-corrected chi connectivity index (χ4v) is 3.73. The van der Waals surface area contributed by atoms with E-state index < -0.39 is 6.10 Å². The van der Waals surface area contributed by atoms with Gasteiger partial charge < -0.3 is 9.47 Å². The van der Waals surface area contributed by atoms with Gasteiger partial charge in [-0.05, 0) is 44.0 Å². The summed E-state index contributed by atoms with van der Waals surface area (Å²) in [4.78, 5) is 17.0. The van der Waals surface area contributed by atoms with Crippen molar-refractivity contribution in [1.82, 2.24) is 4.98 Å². The lowest BCUT2D eigenvalue weighted by Crippen LogP contribution is -2.29. The van der Waals surface area contributed by atoms with E-state index in [0.29, 0.717) is 18.8 Å². The van der Waals surface area contributed by atoms with Gasteiger partial charge in [0, 0.05) is 0 Å². The Hall–Kier alpha value is -2.40. The van der Waals surface area contributed by atoms with Crippen molar-refractivity contribution < 1.29 is 14.3 Å². The molecule has 0 fully saturated rings. The van der Waals surface area contributed by atoms with Crippen molar-refractivity contribution in [2.75, 3.05) is 6.61 Å². The number of para-hydroxylation sites is 2. The van der Waals surface area contributed by atoms with Crippen LogP contribution in [-0.4, -0.2) is 23.7 Å². The predicted molar refractivity (Wildman–Crippen MR) is 106 cm³/mol. The maximum Gasteiger partial charge on any atom is 0.347 e. The van der Waals surface area contributed by atoms with Gasteiger partial charge in [0.2, 0.25) is 0 Å². The van der Waals surface area contributed by atoms with E-state index in [1.165, 1.54) is 0 Å². The fraction of sp³-hybridized carbons (Fsp3) is 0.333. The summed E-state index contributed by atoms with van der Waals surface area (Å²) in [6, 6.07) is 15.8. The van der Waals surface area contributed by atoms with Crippen LogP contribution < -0.4 is 4.74 Å². The first-order chi connectivity index (χ1) is 12.7. The lowest BCUT2D eigenvalue weighted by Gasteiger charge is -2.19. The Bertz CT molecular complexity index is 841. The number of benzene rings is 2. The third-order valence-electron chi connectivity index (χ3n) is 4.05. The molecule has 26 heavy (non-hydrogen) atoms. The summed E-state index contributed by atoms with van der Waals surface area (Å²) in [5.41, 5.74) is 1.87. The minimum atomic E-state index is -0.592. The summed E-state index contributed by atoms with van der Waals surface area (Å²) in [6.07, 6.45) is 1.96. The number of fused-ring (bicyclic) bond motifs is 1. The summed E-state index contributed by atoms with van der Waals surface area (Å²) in [6.45, 7) is 4.26. The molecule has 1 heterocycles. The highest BCUT2D eigenvalue weighted by Gasteiger charge is 2.23. The molecule has 136 valence electrons. The van der Waals surface area contributed by atoms with E-state index in [2.05, 4.69) is 13.0 Å². The molecule has 0 amide bonds. The third kappa shape index (κ3) is 4.22. The standard InChI is InChI=1S/C21H23NO3S/c1-3-5-12-18(21(23)24-4-2)25-17-13-8-6-10-15(17)20-22-16-11-7-9-14-19(16)26-20/h6-11,13-14,18H,3-5,12H2,1-2H3. The number of nitrogens with zero attached hydrogens (tertiary/aromatic N) is 1. The number of rotatable bonds is 8. The number of unbranched alkanes of at least 4 members (excludes halogenated alkanes) is 1. The van der Waals surface area contributed by atoms with Crippen LogP contribution in [0.1, 0.15) is 33.1 Å². The first kappa shape index (κ1) is 18.4. The lowest BCUT2D eigenvalue weighted by molar-refractivity contribution is -0.151. The average Bonchev–Trinajstić information content (AvgIpc) is 3.09. The normalized spacial score (nSPS) is 12.1. The van der Waals surface area contributed by atoms with Crippen LogP contribution in [0.15, 0.2) is 48.5 Å². The molecule has 0 aliphatic rings. The van der Waals surface area contributed by atoms with Gasteiger partial charge in [-0.25, -0.2) is 9.78 Å². The molecule has 3 aromatic rings. The van der Waals surface area contributed by atoms with Gasteiger partial charge in [-0.15, -0.1) is 11.3 Å². The average molecular weight is 369 g/mol. The van der Waals surface area contributed by atoms with Gasteiger partial charge in [-0.1, -0.05) is 37.6 Å². The Morgan fingerprint density at radius 1 is 1.12 bits per heavy atom. The SMILES string of the molecule is CCCCC(Oc1ccccc1-c1nc2ccccc2s1)C(=O)OCC. The van der Waals surface area contributed by atoms with Gasteiger partial charge in [0.1, 0.15) is 10.8 Å². The van der Waals surface area contributed by atoms with Crippen LogP contribution in [0, 0.1) is 0 Å². The summed E-state index contributed by atoms with van der Waals surface area (Å²) in [5.74, 6) is 0.362. The number of carbonyl (C=O) groups excluding carboxylic acids is 1. The van der Waals surface area contributed by atoms with Crippen molar-refractivity contribution in [1.29, 1.82) is 0 Å². The second-order valence-corrected chi connectivity index (χ2v) is 7.01. The molecule has 2 aromatic carbocycles. The van der Waals surface area contributed by atoms with Gasteiger partial charge in [-0.3, -0.25) is 0 Å². The van der Waals surface area contributed by atoms with E-state index >= 15 is 0 Å². The summed E-state index contributed by atoms with van der Waals surface area (Å²) in [7, 11) is 0. The van der Waals surface area contributed by atoms with Crippen molar-refractivity contribution in [3.05, 3.63) is 48.5 Å². The Balaban J connectivity index is 1.91. The molecule has 1 aromatic heterocycles. The highest BCUT2D eigenvalue weighted by atomic mass is 32.1. The third-order valence-corrected chi connectivity index (χ3v) is 5.12. The summed E-state index contributed by atoms with van der Waals surface area (Å²) >= 11 is 1.62. The fourth-order valence-electron chi connectivity index (χ4n) is 2.74. The van der Waals surface area contributed by atoms with Crippen LogP contribution in [0.2, 0.25) is 0 Å². The first-order valence-electron chi connectivity index (χ1n) is 9.01. The molecular weight excluding hydrogens is 346 g/mol. The monoisotopic (exact) mass is 369 g/mol. The molecule has 0 radical (unpaired) electrons. The molecule has 3 rings (SSSR count). The van der Waals surface area contributed by atoms with E-state index in [1.54, 1.807) is 11.3 Å². The lowest BCUT2D eigenvalue weighted by atomic mass is 10.1. The van der Waals surface area contributed by atoms with Gasteiger partial charge in [-0.2, -0.15) is 0 Å². The van der Waals surface area contributed by atoms with E-state index in [9.17, 15) is 4.79 Å². The number of hydrogen-bond donors (Lipinski definition) is 0. The van der Waals surface area contributed by atoms with Gasteiger partial charge in [0.05, 0.1) is 22.4 Å². The molecule has 0 bridgehead atoms. The molecule has 5 heteroatoms. The number of thiazole rings is 1. The molecule has 0 aliphatic heterocycles. The van der Waals surface area contributed by atoms with Crippen molar-refractivity contribution >= 4 is 27.5 Å². The van der Waals surface area contributed by atoms with Crippen LogP contribution in [-0.2, 0) is 9.53 Å². The predicted octanol–water partition coefficient (Wildman–Crippen LogP) is 5.46. The molecule has 1 unspecified atom stereocenters. The molecular formula is C21H23NO3S. The number of hydrogen-bond acceptors (Lipinski definition) is 5. The maximum atomic E-state index is 12.3. The van der Waals surface area contributed by atoms with Crippen LogP contribution in [0.3, 0.4) is 0 Å². The molecule has 1 atom stereocenters. The second kappa shape index (κ2) is 8.81. The highest BCUT2D eigenvalue weighted by molar-refractivity contribution is 7.21. The van der Waals surface area contributed by atoms with E-state index in [0.717, 1.165) is 33.6 Å². The zero-order chi connectivity index (χ0) is 18.4. The van der Waals surface area contributed by atoms with E-state index in [1.807, 2.05) is 49.4 Å². The topological polar surface area (TPSA) is 48.4 Å². The van der Waals surface area contributed by atoms with E-state index in [4.69, 9.17) is 14.5 Å². The Labute approximate surface area is 157 Å². The number of ether oxygens (including phenoxy) is 2. The van der Waals surface area contributed by atoms with Gasteiger partial charge >= 0.3 is 5.97 Å². The summed E-state index contributed by atoms with van der Waals surface area (Å²) < 4.78 is 12.4. The quantitative estimate of drug-likeness (QED) is 0.494. The largest absolute Gasteiger partial charge is 0.478 e. The smallest absolute Gasteiger partial charge is 0.347 e. The number of aromatic nitrogens is 1. The maximum absolute atomic E-state index is 12.3. The van der Waals surface area contributed by atoms with Crippen molar-refractivity contribution in [2.24, 2.45) is 0 Å². The molecule has 0 spiro atoms. The Kier molecular flexibility index (Phi) is 6.23. The van der Waals surface area contributed by atoms with Crippen LogP contribution in [0.5, 0.6) is 5.75 Å². The van der Waals surface area contributed by atoms with Crippen LogP contribution in [0.25, 0.3) is 20.8 Å². The number of esters is 1. The zero-order valence-corrected chi connectivity index (χ0v) is 15.9. The van der Waals surface area contributed by atoms with Crippen molar-refractivity contribution in [2.45, 2.75) is 39.2 Å². The van der Waals surface area contributed by atoms with Crippen molar-refractivity contribution in [3.63, 3.8) is 0 Å². The van der Waals surface area contributed by atoms with Crippen LogP contribution >= 0.6 is 11.3 Å². The Morgan fingerprint density at radius 2 is 1.88 bits per heavy atom. The van der Waals surface area contributed by atoms with Crippen molar-refractivity contribution in [3.8, 4) is 16.3 Å². The Morgan fingerprint density at radius 3 is 2.65 bits per heavy atom. The van der Waals surface area contributed by atoms with Gasteiger partial charge in [0.25, 0.3) is 0 Å². The zero-order valence-electron chi connectivity index (χ0n) is 15.1. The number of carbonyl (C=O) groups is 1. The molecule has 4 nitrogen and oxygen atoms in total. The molecule has 0 saturated carbocycles. The minimum Gasteiger partial charge on any atom is -0.478 e. The summed E-state index contributed by atoms with van der Waals surface area (Å²) in [5, 5.41) is 0.889. The van der Waals surface area contributed by atoms with E-state index in [-0.39, 0.29) is 5.97 Å². The van der Waals surface area contributed by atoms with Gasteiger partial charge in [0.15, 0.2) is 6.10 Å².